The van der Waals surface area contributed by atoms with Crippen molar-refractivity contribution < 1.29 is 0 Å². The Balaban J connectivity index is 1.95. The van der Waals surface area contributed by atoms with Crippen molar-refractivity contribution in [3.05, 3.63) is 54.1 Å². The van der Waals surface area contributed by atoms with E-state index in [0.29, 0.717) is 0 Å². The van der Waals surface area contributed by atoms with Crippen LogP contribution in [0.1, 0.15) is 11.4 Å². The van der Waals surface area contributed by atoms with Crippen molar-refractivity contribution >= 4 is 0 Å². The fraction of sp³-hybridized carbons (Fsp3) is 0.308. The van der Waals surface area contributed by atoms with Crippen molar-refractivity contribution in [1.29, 1.82) is 0 Å². The van der Waals surface area contributed by atoms with Gasteiger partial charge in [-0.05, 0) is 12.6 Å². The first-order chi connectivity index (χ1) is 7.75. The van der Waals surface area contributed by atoms with E-state index in [9.17, 15) is 0 Å². The second kappa shape index (κ2) is 4.94. The predicted molar refractivity (Wildman–Crippen MR) is 64.8 cm³/mol. The van der Waals surface area contributed by atoms with Crippen molar-refractivity contribution in [2.24, 2.45) is 7.05 Å². The van der Waals surface area contributed by atoms with Gasteiger partial charge < -0.3 is 4.57 Å². The zero-order valence-corrected chi connectivity index (χ0v) is 9.80. The quantitative estimate of drug-likeness (QED) is 0.778. The molecule has 3 nitrogen and oxygen atoms in total. The lowest BCUT2D eigenvalue weighted by molar-refractivity contribution is 0.307. The highest BCUT2D eigenvalue weighted by Crippen LogP contribution is 2.05. The predicted octanol–water partition coefficient (Wildman–Crippen LogP) is 2.05. The highest BCUT2D eigenvalue weighted by Gasteiger charge is 2.04. The number of benzene rings is 1. The summed E-state index contributed by atoms with van der Waals surface area (Å²) in [5, 5.41) is 0. The van der Waals surface area contributed by atoms with Gasteiger partial charge in [-0.1, -0.05) is 30.3 Å². The molecule has 0 saturated heterocycles. The van der Waals surface area contributed by atoms with Gasteiger partial charge in [0.25, 0.3) is 0 Å². The van der Waals surface area contributed by atoms with Crippen LogP contribution in [0.5, 0.6) is 0 Å². The molecule has 0 aliphatic carbocycles. The van der Waals surface area contributed by atoms with Gasteiger partial charge in [-0.15, -0.1) is 0 Å². The Kier molecular flexibility index (Phi) is 3.37. The minimum atomic E-state index is 0.873. The van der Waals surface area contributed by atoms with Gasteiger partial charge in [0.05, 0.1) is 6.54 Å². The second-order valence-electron chi connectivity index (χ2n) is 4.11. The molecule has 3 heteroatoms. The summed E-state index contributed by atoms with van der Waals surface area (Å²) in [5.74, 6) is 1.10. The van der Waals surface area contributed by atoms with Crippen LogP contribution in [-0.2, 0) is 20.1 Å². The lowest BCUT2D eigenvalue weighted by Crippen LogP contribution is -2.19. The molecule has 0 aliphatic rings. The molecule has 0 aliphatic heterocycles. The van der Waals surface area contributed by atoms with Gasteiger partial charge in [0, 0.05) is 26.0 Å². The third-order valence-corrected chi connectivity index (χ3v) is 2.63. The average molecular weight is 215 g/mol. The number of rotatable bonds is 4. The molecule has 0 saturated carbocycles. The summed E-state index contributed by atoms with van der Waals surface area (Å²) in [6.07, 6.45) is 3.82. The number of aryl methyl sites for hydroxylation is 1. The van der Waals surface area contributed by atoms with Crippen LogP contribution in [0.25, 0.3) is 0 Å². The van der Waals surface area contributed by atoms with Crippen LogP contribution in [-0.4, -0.2) is 21.5 Å². The summed E-state index contributed by atoms with van der Waals surface area (Å²) >= 11 is 0. The van der Waals surface area contributed by atoms with E-state index in [1.54, 1.807) is 0 Å². The van der Waals surface area contributed by atoms with Crippen LogP contribution in [0, 0.1) is 0 Å². The van der Waals surface area contributed by atoms with Crippen LogP contribution >= 0.6 is 0 Å². The van der Waals surface area contributed by atoms with Gasteiger partial charge in [0.2, 0.25) is 0 Å². The maximum Gasteiger partial charge on any atom is 0.122 e. The molecule has 0 unspecified atom stereocenters. The van der Waals surface area contributed by atoms with Crippen molar-refractivity contribution in [3.63, 3.8) is 0 Å². The third-order valence-electron chi connectivity index (χ3n) is 2.63. The third kappa shape index (κ3) is 2.70. The molecular formula is C13H17N3. The van der Waals surface area contributed by atoms with Crippen LogP contribution in [0.3, 0.4) is 0 Å². The Morgan fingerprint density at radius 1 is 1.19 bits per heavy atom. The Labute approximate surface area is 96.3 Å². The zero-order valence-electron chi connectivity index (χ0n) is 9.80. The van der Waals surface area contributed by atoms with Crippen molar-refractivity contribution in [2.45, 2.75) is 13.1 Å². The van der Waals surface area contributed by atoms with E-state index in [4.69, 9.17) is 0 Å². The molecule has 0 bridgehead atoms. The summed E-state index contributed by atoms with van der Waals surface area (Å²) in [7, 11) is 4.14. The first-order valence-corrected chi connectivity index (χ1v) is 5.44. The van der Waals surface area contributed by atoms with Gasteiger partial charge in [-0.2, -0.15) is 0 Å². The fourth-order valence-corrected chi connectivity index (χ4v) is 1.74. The van der Waals surface area contributed by atoms with Crippen molar-refractivity contribution in [2.75, 3.05) is 7.05 Å². The van der Waals surface area contributed by atoms with Gasteiger partial charge in [-0.25, -0.2) is 4.98 Å². The number of hydrogen-bond donors (Lipinski definition) is 0. The molecule has 84 valence electrons. The largest absolute Gasteiger partial charge is 0.337 e. The lowest BCUT2D eigenvalue weighted by atomic mass is 10.2. The molecular weight excluding hydrogens is 198 g/mol. The van der Waals surface area contributed by atoms with Gasteiger partial charge >= 0.3 is 0 Å². The number of imidazole rings is 1. The molecule has 1 aromatic heterocycles. The minimum absolute atomic E-state index is 0.873. The van der Waals surface area contributed by atoms with E-state index in [1.807, 2.05) is 25.5 Å². The molecule has 0 spiro atoms. The van der Waals surface area contributed by atoms with Gasteiger partial charge in [-0.3, -0.25) is 4.90 Å². The molecule has 1 heterocycles. The first-order valence-electron chi connectivity index (χ1n) is 5.44. The van der Waals surface area contributed by atoms with Gasteiger partial charge in [0.1, 0.15) is 5.82 Å². The highest BCUT2D eigenvalue weighted by molar-refractivity contribution is 5.14. The molecule has 0 amide bonds. The number of hydrogen-bond acceptors (Lipinski definition) is 2. The maximum absolute atomic E-state index is 4.32. The number of aromatic nitrogens is 2. The first kappa shape index (κ1) is 10.9. The smallest absolute Gasteiger partial charge is 0.122 e. The molecule has 2 aromatic rings. The van der Waals surface area contributed by atoms with E-state index in [0.717, 1.165) is 18.9 Å². The Morgan fingerprint density at radius 3 is 2.56 bits per heavy atom. The normalized spacial score (nSPS) is 10.9. The summed E-state index contributed by atoms with van der Waals surface area (Å²) in [5.41, 5.74) is 1.33. The molecule has 16 heavy (non-hydrogen) atoms. The average Bonchev–Trinajstić information content (AvgIpc) is 2.66. The summed E-state index contributed by atoms with van der Waals surface area (Å²) in [6, 6.07) is 10.5. The molecule has 1 aromatic carbocycles. The molecule has 2 rings (SSSR count). The van der Waals surface area contributed by atoms with E-state index < -0.39 is 0 Å². The fourth-order valence-electron chi connectivity index (χ4n) is 1.74. The lowest BCUT2D eigenvalue weighted by Gasteiger charge is -2.16. The Morgan fingerprint density at radius 2 is 1.94 bits per heavy atom. The van der Waals surface area contributed by atoms with Crippen LogP contribution in [0.2, 0.25) is 0 Å². The topological polar surface area (TPSA) is 21.1 Å². The SMILES string of the molecule is CN(Cc1ccccc1)Cc1nccn1C. The molecule has 0 fully saturated rings. The second-order valence-corrected chi connectivity index (χ2v) is 4.11. The molecule has 0 N–H and O–H groups in total. The molecule has 0 radical (unpaired) electrons. The van der Waals surface area contributed by atoms with Crippen molar-refractivity contribution in [3.8, 4) is 0 Å². The summed E-state index contributed by atoms with van der Waals surface area (Å²) in [4.78, 5) is 6.58. The summed E-state index contributed by atoms with van der Waals surface area (Å²) in [6.45, 7) is 1.83. The van der Waals surface area contributed by atoms with E-state index in [1.165, 1.54) is 5.56 Å². The maximum atomic E-state index is 4.32. The van der Waals surface area contributed by atoms with E-state index >= 15 is 0 Å². The van der Waals surface area contributed by atoms with Crippen molar-refractivity contribution in [1.82, 2.24) is 14.5 Å². The number of nitrogens with zero attached hydrogens (tertiary/aromatic N) is 3. The Hall–Kier alpha value is -1.61. The monoisotopic (exact) mass is 215 g/mol. The minimum Gasteiger partial charge on any atom is -0.337 e. The van der Waals surface area contributed by atoms with Crippen LogP contribution < -0.4 is 0 Å². The van der Waals surface area contributed by atoms with E-state index in [2.05, 4.69) is 45.8 Å². The summed E-state index contributed by atoms with van der Waals surface area (Å²) < 4.78 is 2.06. The van der Waals surface area contributed by atoms with Crippen LogP contribution in [0.15, 0.2) is 42.7 Å². The van der Waals surface area contributed by atoms with Gasteiger partial charge in [0.15, 0.2) is 0 Å². The highest BCUT2D eigenvalue weighted by atomic mass is 15.1. The Bertz CT molecular complexity index is 433. The standard InChI is InChI=1S/C13H17N3/c1-15(10-12-6-4-3-5-7-12)11-13-14-8-9-16(13)2/h3-9H,10-11H2,1-2H3. The van der Waals surface area contributed by atoms with E-state index in [-0.39, 0.29) is 0 Å². The van der Waals surface area contributed by atoms with Crippen LogP contribution in [0.4, 0.5) is 0 Å². The molecule has 0 atom stereocenters. The zero-order chi connectivity index (χ0) is 11.4.